The summed E-state index contributed by atoms with van der Waals surface area (Å²) in [5, 5.41) is 4.82. The zero-order valence-electron chi connectivity index (χ0n) is 15.7. The lowest BCUT2D eigenvalue weighted by Crippen LogP contribution is -2.47. The van der Waals surface area contributed by atoms with E-state index in [-0.39, 0.29) is 11.8 Å². The first-order valence-corrected chi connectivity index (χ1v) is 11.6. The Bertz CT molecular complexity index is 660. The number of likely N-dealkylation sites (N-methyl/N-ethyl adjacent to an activating group) is 1. The molecule has 0 unspecified atom stereocenters. The predicted octanol–water partition coefficient (Wildman–Crippen LogP) is 1.71. The van der Waals surface area contributed by atoms with Crippen molar-refractivity contribution >= 4 is 33.2 Å². The van der Waals surface area contributed by atoms with Crippen molar-refractivity contribution in [1.82, 2.24) is 14.9 Å². The molecule has 2 N–H and O–H groups in total. The quantitative estimate of drug-likeness (QED) is 0.519. The van der Waals surface area contributed by atoms with Gasteiger partial charge in [0.15, 0.2) is 0 Å². The maximum atomic E-state index is 12.4. The van der Waals surface area contributed by atoms with Crippen LogP contribution in [0.4, 0.5) is 0 Å². The van der Waals surface area contributed by atoms with Crippen LogP contribution in [-0.4, -0.2) is 50.5 Å². The summed E-state index contributed by atoms with van der Waals surface area (Å²) < 4.78 is 24.3. The molecule has 0 aliphatic carbocycles. The second-order valence-electron chi connectivity index (χ2n) is 6.13. The largest absolute Gasteiger partial charge is 0.349 e. The lowest BCUT2D eigenvalue weighted by molar-refractivity contribution is -0.139. The Hall–Kier alpha value is -1.45. The Morgan fingerprint density at radius 2 is 2.00 bits per heavy atom. The van der Waals surface area contributed by atoms with Crippen LogP contribution in [-0.2, 0) is 26.2 Å². The van der Waals surface area contributed by atoms with Crippen molar-refractivity contribution < 1.29 is 18.0 Å². The van der Waals surface area contributed by atoms with E-state index >= 15 is 0 Å². The van der Waals surface area contributed by atoms with E-state index in [0.29, 0.717) is 38.9 Å². The molecule has 0 radical (unpaired) electrons. The fraction of sp³-hybridized carbons (Fsp3) is 0.647. The van der Waals surface area contributed by atoms with E-state index in [0.717, 1.165) is 17.6 Å². The minimum atomic E-state index is -3.16. The molecule has 1 aromatic rings. The van der Waals surface area contributed by atoms with Gasteiger partial charge in [-0.05, 0) is 38.1 Å². The fourth-order valence-electron chi connectivity index (χ4n) is 2.52. The number of nitrogens with zero attached hydrogens (tertiary/aromatic N) is 1. The Labute approximate surface area is 160 Å². The molecule has 9 heteroatoms. The number of rotatable bonds is 12. The van der Waals surface area contributed by atoms with Crippen molar-refractivity contribution in [2.45, 2.75) is 52.1 Å². The van der Waals surface area contributed by atoms with Crippen LogP contribution in [0, 0.1) is 0 Å². The van der Waals surface area contributed by atoms with Gasteiger partial charge in [0.05, 0.1) is 12.8 Å². The molecule has 0 aliphatic heterocycles. The summed E-state index contributed by atoms with van der Waals surface area (Å²) in [5.41, 5.74) is 0. The van der Waals surface area contributed by atoms with Gasteiger partial charge in [0.1, 0.15) is 6.04 Å². The molecule has 0 aliphatic rings. The van der Waals surface area contributed by atoms with Gasteiger partial charge in [-0.1, -0.05) is 12.5 Å². The molecule has 0 aromatic carbocycles. The van der Waals surface area contributed by atoms with E-state index < -0.39 is 16.1 Å². The molecule has 0 bridgehead atoms. The Morgan fingerprint density at radius 1 is 1.27 bits per heavy atom. The van der Waals surface area contributed by atoms with Crippen LogP contribution in [0.15, 0.2) is 17.5 Å². The average molecular weight is 404 g/mol. The fourth-order valence-corrected chi connectivity index (χ4v) is 3.68. The van der Waals surface area contributed by atoms with Crippen molar-refractivity contribution in [2.24, 2.45) is 0 Å². The van der Waals surface area contributed by atoms with E-state index in [2.05, 4.69) is 10.0 Å². The van der Waals surface area contributed by atoms with Crippen LogP contribution in [0.2, 0.25) is 0 Å². The van der Waals surface area contributed by atoms with E-state index in [9.17, 15) is 18.0 Å². The summed E-state index contributed by atoms with van der Waals surface area (Å²) in [7, 11) is -3.16. The summed E-state index contributed by atoms with van der Waals surface area (Å²) in [4.78, 5) is 27.3. The zero-order valence-corrected chi connectivity index (χ0v) is 17.3. The SMILES string of the molecule is CCN(C(=O)CCCCCNS(C)(=O)=O)[C@@H](C)C(=O)NCc1cccs1. The van der Waals surface area contributed by atoms with Crippen molar-refractivity contribution in [2.75, 3.05) is 19.3 Å². The number of nitrogens with one attached hydrogen (secondary N) is 2. The van der Waals surface area contributed by atoms with E-state index in [1.807, 2.05) is 24.4 Å². The Balaban J connectivity index is 2.33. The van der Waals surface area contributed by atoms with Gasteiger partial charge in [-0.3, -0.25) is 9.59 Å². The zero-order chi connectivity index (χ0) is 19.6. The van der Waals surface area contributed by atoms with Gasteiger partial charge in [-0.2, -0.15) is 0 Å². The number of carbonyl (C=O) groups is 2. The minimum Gasteiger partial charge on any atom is -0.349 e. The summed E-state index contributed by atoms with van der Waals surface area (Å²) in [5.74, 6) is -0.215. The number of unbranched alkanes of at least 4 members (excludes halogenated alkanes) is 2. The van der Waals surface area contributed by atoms with Crippen LogP contribution in [0.5, 0.6) is 0 Å². The smallest absolute Gasteiger partial charge is 0.242 e. The highest BCUT2D eigenvalue weighted by Crippen LogP contribution is 2.10. The first-order chi connectivity index (χ1) is 12.2. The van der Waals surface area contributed by atoms with Gasteiger partial charge in [-0.15, -0.1) is 11.3 Å². The third kappa shape index (κ3) is 8.77. The maximum Gasteiger partial charge on any atom is 0.242 e. The van der Waals surface area contributed by atoms with Gasteiger partial charge < -0.3 is 10.2 Å². The van der Waals surface area contributed by atoms with Crippen molar-refractivity contribution in [1.29, 1.82) is 0 Å². The van der Waals surface area contributed by atoms with Crippen LogP contribution in [0.1, 0.15) is 44.4 Å². The number of hydrogen-bond acceptors (Lipinski definition) is 5. The summed E-state index contributed by atoms with van der Waals surface area (Å²) in [6.45, 7) is 4.92. The minimum absolute atomic E-state index is 0.0534. The third-order valence-corrected chi connectivity index (χ3v) is 5.56. The molecule has 0 fully saturated rings. The molecule has 2 amide bonds. The Morgan fingerprint density at radius 3 is 2.58 bits per heavy atom. The second kappa shape index (κ2) is 11.3. The topological polar surface area (TPSA) is 95.6 Å². The van der Waals surface area contributed by atoms with Crippen molar-refractivity contribution in [3.8, 4) is 0 Å². The van der Waals surface area contributed by atoms with E-state index in [1.165, 1.54) is 0 Å². The van der Waals surface area contributed by atoms with Gasteiger partial charge >= 0.3 is 0 Å². The molecule has 26 heavy (non-hydrogen) atoms. The van der Waals surface area contributed by atoms with Crippen LogP contribution >= 0.6 is 11.3 Å². The van der Waals surface area contributed by atoms with Gasteiger partial charge in [0.2, 0.25) is 21.8 Å². The van der Waals surface area contributed by atoms with Crippen LogP contribution < -0.4 is 10.0 Å². The number of thiophene rings is 1. The standard InChI is InChI=1S/C17H29N3O4S2/c1-4-20(14(2)17(22)18-13-15-9-8-12-25-15)16(21)10-6-5-7-11-19-26(3,23)24/h8-9,12,14,19H,4-7,10-11,13H2,1-3H3,(H,18,22)/t14-/m0/s1. The maximum absolute atomic E-state index is 12.4. The number of carbonyl (C=O) groups excluding carboxylic acids is 2. The lowest BCUT2D eigenvalue weighted by atomic mass is 10.1. The lowest BCUT2D eigenvalue weighted by Gasteiger charge is -2.27. The van der Waals surface area contributed by atoms with Crippen molar-refractivity contribution in [3.05, 3.63) is 22.4 Å². The second-order valence-corrected chi connectivity index (χ2v) is 9.00. The number of hydrogen-bond donors (Lipinski definition) is 2. The number of sulfonamides is 1. The molecular formula is C17H29N3O4S2. The molecule has 1 heterocycles. The highest BCUT2D eigenvalue weighted by atomic mass is 32.2. The highest BCUT2D eigenvalue weighted by Gasteiger charge is 2.23. The molecule has 0 saturated heterocycles. The van der Waals surface area contributed by atoms with Gasteiger partial charge in [0.25, 0.3) is 0 Å². The van der Waals surface area contributed by atoms with Crippen molar-refractivity contribution in [3.63, 3.8) is 0 Å². The first-order valence-electron chi connectivity index (χ1n) is 8.78. The molecular weight excluding hydrogens is 374 g/mol. The number of amides is 2. The molecule has 7 nitrogen and oxygen atoms in total. The summed E-state index contributed by atoms with van der Waals surface area (Å²) in [6, 6.07) is 3.37. The predicted molar refractivity (Wildman–Crippen MR) is 104 cm³/mol. The normalized spacial score (nSPS) is 12.6. The molecule has 0 saturated carbocycles. The molecule has 148 valence electrons. The summed E-state index contributed by atoms with van der Waals surface area (Å²) >= 11 is 1.58. The Kier molecular flexibility index (Phi) is 9.82. The van der Waals surface area contributed by atoms with E-state index in [4.69, 9.17) is 0 Å². The van der Waals surface area contributed by atoms with Crippen LogP contribution in [0.3, 0.4) is 0 Å². The molecule has 0 spiro atoms. The molecule has 1 atom stereocenters. The molecule has 1 aromatic heterocycles. The summed E-state index contributed by atoms with van der Waals surface area (Å²) in [6.07, 6.45) is 3.59. The third-order valence-electron chi connectivity index (χ3n) is 3.96. The van der Waals surface area contributed by atoms with E-state index in [1.54, 1.807) is 23.2 Å². The van der Waals surface area contributed by atoms with Gasteiger partial charge in [0, 0.05) is 24.4 Å². The first kappa shape index (κ1) is 22.6. The van der Waals surface area contributed by atoms with Gasteiger partial charge in [-0.25, -0.2) is 13.1 Å². The highest BCUT2D eigenvalue weighted by molar-refractivity contribution is 7.88. The van der Waals surface area contributed by atoms with Crippen LogP contribution in [0.25, 0.3) is 0 Å². The monoisotopic (exact) mass is 403 g/mol. The molecule has 1 rings (SSSR count). The average Bonchev–Trinajstić information content (AvgIpc) is 3.08.